The Morgan fingerprint density at radius 1 is 1.42 bits per heavy atom. The summed E-state index contributed by atoms with van der Waals surface area (Å²) in [7, 11) is 1.69. The summed E-state index contributed by atoms with van der Waals surface area (Å²) in [4.78, 5) is 10.9. The fourth-order valence-electron chi connectivity index (χ4n) is 2.55. The molecule has 1 aromatic carbocycles. The van der Waals surface area contributed by atoms with E-state index in [4.69, 9.17) is 9.84 Å². The van der Waals surface area contributed by atoms with Gasteiger partial charge in [0.25, 0.3) is 0 Å². The average Bonchev–Trinajstić information content (AvgIpc) is 3.07. The van der Waals surface area contributed by atoms with Gasteiger partial charge in [0.05, 0.1) is 13.0 Å². The molecule has 0 amide bonds. The van der Waals surface area contributed by atoms with Crippen LogP contribution in [0, 0.1) is 11.8 Å². The summed E-state index contributed by atoms with van der Waals surface area (Å²) >= 11 is 0. The molecule has 0 aliphatic heterocycles. The zero-order valence-electron chi connectivity index (χ0n) is 12.1. The van der Waals surface area contributed by atoms with E-state index >= 15 is 0 Å². The fraction of sp³-hybridized carbons (Fsp3) is 0.562. The molecule has 3 heteroatoms. The lowest BCUT2D eigenvalue weighted by atomic mass is 9.85. The van der Waals surface area contributed by atoms with Gasteiger partial charge < -0.3 is 9.84 Å². The molecule has 0 saturated heterocycles. The van der Waals surface area contributed by atoms with Gasteiger partial charge in [-0.1, -0.05) is 32.9 Å². The molecule has 1 aromatic rings. The maximum Gasteiger partial charge on any atom is 0.306 e. The van der Waals surface area contributed by atoms with Crippen LogP contribution in [-0.2, 0) is 16.6 Å². The number of carbonyl (C=O) groups is 1. The van der Waals surface area contributed by atoms with E-state index in [2.05, 4.69) is 26.8 Å². The second kappa shape index (κ2) is 4.87. The standard InChI is InChI=1S/C16H22O3/c1-16(2,3)13-8-10(5-6-14(13)19-4)7-11-9-12(11)15(17)18/h5-6,8,11-12H,7,9H2,1-4H3,(H,17,18). The van der Waals surface area contributed by atoms with Crippen molar-refractivity contribution in [3.8, 4) is 5.75 Å². The molecule has 19 heavy (non-hydrogen) atoms. The van der Waals surface area contributed by atoms with E-state index in [1.165, 1.54) is 11.1 Å². The molecule has 0 radical (unpaired) electrons. The number of hydrogen-bond acceptors (Lipinski definition) is 2. The predicted octanol–water partition coefficient (Wildman–Crippen LogP) is 3.26. The van der Waals surface area contributed by atoms with E-state index in [-0.39, 0.29) is 11.3 Å². The molecule has 2 rings (SSSR count). The molecule has 1 aliphatic carbocycles. The Kier molecular flexibility index (Phi) is 3.57. The zero-order valence-corrected chi connectivity index (χ0v) is 12.1. The molecule has 0 aromatic heterocycles. The van der Waals surface area contributed by atoms with Gasteiger partial charge in [0, 0.05) is 0 Å². The first kappa shape index (κ1) is 13.9. The first-order chi connectivity index (χ1) is 8.82. The van der Waals surface area contributed by atoms with Crippen LogP contribution in [0.5, 0.6) is 5.75 Å². The quantitative estimate of drug-likeness (QED) is 0.906. The first-order valence-electron chi connectivity index (χ1n) is 6.73. The van der Waals surface area contributed by atoms with Crippen molar-refractivity contribution in [1.29, 1.82) is 0 Å². The normalized spacial score (nSPS) is 22.1. The summed E-state index contributed by atoms with van der Waals surface area (Å²) in [5.41, 5.74) is 2.41. The average molecular weight is 262 g/mol. The Morgan fingerprint density at radius 2 is 2.11 bits per heavy atom. The third kappa shape index (κ3) is 3.09. The molecule has 104 valence electrons. The van der Waals surface area contributed by atoms with E-state index in [9.17, 15) is 4.79 Å². The van der Waals surface area contributed by atoms with Crippen LogP contribution in [0.2, 0.25) is 0 Å². The van der Waals surface area contributed by atoms with Gasteiger partial charge in [-0.05, 0) is 41.4 Å². The van der Waals surface area contributed by atoms with Crippen molar-refractivity contribution in [1.82, 2.24) is 0 Å². The van der Waals surface area contributed by atoms with Crippen molar-refractivity contribution in [3.63, 3.8) is 0 Å². The maximum absolute atomic E-state index is 10.9. The van der Waals surface area contributed by atoms with Crippen LogP contribution in [0.3, 0.4) is 0 Å². The van der Waals surface area contributed by atoms with Crippen molar-refractivity contribution >= 4 is 5.97 Å². The Bertz CT molecular complexity index is 485. The molecular weight excluding hydrogens is 240 g/mol. The van der Waals surface area contributed by atoms with Crippen LogP contribution in [0.25, 0.3) is 0 Å². The van der Waals surface area contributed by atoms with Crippen LogP contribution in [0.4, 0.5) is 0 Å². The van der Waals surface area contributed by atoms with Crippen LogP contribution in [-0.4, -0.2) is 18.2 Å². The summed E-state index contributed by atoms with van der Waals surface area (Å²) in [6.07, 6.45) is 1.66. The third-order valence-electron chi connectivity index (χ3n) is 3.81. The van der Waals surface area contributed by atoms with Crippen molar-refractivity contribution in [2.24, 2.45) is 11.8 Å². The minimum atomic E-state index is -0.658. The van der Waals surface area contributed by atoms with Gasteiger partial charge in [-0.15, -0.1) is 0 Å². The van der Waals surface area contributed by atoms with E-state index < -0.39 is 5.97 Å². The minimum absolute atomic E-state index is 0.0249. The smallest absolute Gasteiger partial charge is 0.306 e. The first-order valence-corrected chi connectivity index (χ1v) is 6.73. The molecule has 1 saturated carbocycles. The molecule has 1 aliphatic rings. The Hall–Kier alpha value is -1.51. The monoisotopic (exact) mass is 262 g/mol. The van der Waals surface area contributed by atoms with E-state index in [1.54, 1.807) is 7.11 Å². The lowest BCUT2D eigenvalue weighted by molar-refractivity contribution is -0.138. The van der Waals surface area contributed by atoms with Crippen LogP contribution >= 0.6 is 0 Å². The second-order valence-electron chi connectivity index (χ2n) is 6.43. The van der Waals surface area contributed by atoms with E-state index in [0.717, 1.165) is 18.6 Å². The predicted molar refractivity (Wildman–Crippen MR) is 74.6 cm³/mol. The summed E-state index contributed by atoms with van der Waals surface area (Å²) < 4.78 is 5.41. The lowest BCUT2D eigenvalue weighted by Gasteiger charge is -2.23. The molecule has 2 unspecified atom stereocenters. The molecule has 0 heterocycles. The minimum Gasteiger partial charge on any atom is -0.496 e. The molecule has 0 bridgehead atoms. The highest BCUT2D eigenvalue weighted by Gasteiger charge is 2.42. The van der Waals surface area contributed by atoms with Crippen molar-refractivity contribution in [2.45, 2.75) is 39.0 Å². The fourth-order valence-corrected chi connectivity index (χ4v) is 2.55. The van der Waals surface area contributed by atoms with E-state index in [0.29, 0.717) is 5.92 Å². The van der Waals surface area contributed by atoms with Gasteiger partial charge in [0.1, 0.15) is 5.75 Å². The van der Waals surface area contributed by atoms with Crippen molar-refractivity contribution in [3.05, 3.63) is 29.3 Å². The van der Waals surface area contributed by atoms with E-state index in [1.807, 2.05) is 12.1 Å². The molecule has 1 N–H and O–H groups in total. The second-order valence-corrected chi connectivity index (χ2v) is 6.43. The zero-order chi connectivity index (χ0) is 14.2. The van der Waals surface area contributed by atoms with Gasteiger partial charge in [0.2, 0.25) is 0 Å². The Labute approximate surface area is 114 Å². The topological polar surface area (TPSA) is 46.5 Å². The molecule has 3 nitrogen and oxygen atoms in total. The number of rotatable bonds is 4. The number of carboxylic acids is 1. The summed E-state index contributed by atoms with van der Waals surface area (Å²) in [5, 5.41) is 8.95. The summed E-state index contributed by atoms with van der Waals surface area (Å²) in [6, 6.07) is 6.20. The Balaban J connectivity index is 2.17. The highest BCUT2D eigenvalue weighted by atomic mass is 16.5. The molecule has 2 atom stereocenters. The van der Waals surface area contributed by atoms with Crippen molar-refractivity contribution in [2.75, 3.05) is 7.11 Å². The highest BCUT2D eigenvalue weighted by Crippen LogP contribution is 2.42. The van der Waals surface area contributed by atoms with Gasteiger partial charge in [-0.25, -0.2) is 0 Å². The van der Waals surface area contributed by atoms with Crippen molar-refractivity contribution < 1.29 is 14.6 Å². The highest BCUT2D eigenvalue weighted by molar-refractivity contribution is 5.73. The van der Waals surface area contributed by atoms with Gasteiger partial charge in [-0.2, -0.15) is 0 Å². The lowest BCUT2D eigenvalue weighted by Crippen LogP contribution is -2.13. The number of carboxylic acid groups (broad SMARTS) is 1. The number of hydrogen-bond donors (Lipinski definition) is 1. The van der Waals surface area contributed by atoms with Crippen LogP contribution in [0.1, 0.15) is 38.3 Å². The maximum atomic E-state index is 10.9. The number of benzene rings is 1. The summed E-state index contributed by atoms with van der Waals surface area (Å²) in [6.45, 7) is 6.48. The molecule has 0 spiro atoms. The number of ether oxygens (including phenoxy) is 1. The number of aliphatic carboxylic acids is 1. The van der Waals surface area contributed by atoms with Crippen LogP contribution in [0.15, 0.2) is 18.2 Å². The van der Waals surface area contributed by atoms with Gasteiger partial charge in [0.15, 0.2) is 0 Å². The SMILES string of the molecule is COc1ccc(CC2CC2C(=O)O)cc1C(C)(C)C. The van der Waals surface area contributed by atoms with Gasteiger partial charge >= 0.3 is 5.97 Å². The van der Waals surface area contributed by atoms with Gasteiger partial charge in [-0.3, -0.25) is 4.79 Å². The molecular formula is C16H22O3. The molecule has 1 fully saturated rings. The summed E-state index contributed by atoms with van der Waals surface area (Å²) in [5.74, 6) is 0.412. The van der Waals surface area contributed by atoms with Crippen LogP contribution < -0.4 is 4.74 Å². The Morgan fingerprint density at radius 3 is 2.58 bits per heavy atom. The third-order valence-corrected chi connectivity index (χ3v) is 3.81. The number of methoxy groups -OCH3 is 1. The largest absolute Gasteiger partial charge is 0.496 e.